The standard InChI is InChI=1S/C11H22N2O2/c1-3-12-9(2)6-13-11(14)8-15-7-10-4-5-10/h9-10,12H,3-8H2,1-2H3,(H,13,14)/t9-/m1/s1. The minimum absolute atomic E-state index is 0.0135. The molecule has 0 aromatic heterocycles. The zero-order valence-electron chi connectivity index (χ0n) is 9.71. The van der Waals surface area contributed by atoms with E-state index in [0.717, 1.165) is 19.1 Å². The Morgan fingerprint density at radius 1 is 1.53 bits per heavy atom. The fourth-order valence-corrected chi connectivity index (χ4v) is 1.34. The van der Waals surface area contributed by atoms with E-state index in [0.29, 0.717) is 12.6 Å². The molecule has 0 spiro atoms. The van der Waals surface area contributed by atoms with Crippen molar-refractivity contribution >= 4 is 5.91 Å². The van der Waals surface area contributed by atoms with Crippen molar-refractivity contribution in [1.29, 1.82) is 0 Å². The summed E-state index contributed by atoms with van der Waals surface area (Å²) >= 11 is 0. The van der Waals surface area contributed by atoms with Crippen LogP contribution in [0.3, 0.4) is 0 Å². The van der Waals surface area contributed by atoms with Gasteiger partial charge < -0.3 is 15.4 Å². The maximum Gasteiger partial charge on any atom is 0.246 e. The Labute approximate surface area is 91.8 Å². The Morgan fingerprint density at radius 3 is 2.87 bits per heavy atom. The van der Waals surface area contributed by atoms with Crippen LogP contribution < -0.4 is 10.6 Å². The fraction of sp³-hybridized carbons (Fsp3) is 0.909. The normalized spacial score (nSPS) is 17.5. The van der Waals surface area contributed by atoms with Crippen molar-refractivity contribution in [3.05, 3.63) is 0 Å². The summed E-state index contributed by atoms with van der Waals surface area (Å²) in [7, 11) is 0. The molecule has 1 atom stereocenters. The molecule has 4 nitrogen and oxygen atoms in total. The third-order valence-corrected chi connectivity index (χ3v) is 2.44. The summed E-state index contributed by atoms with van der Waals surface area (Å²) in [6, 6.07) is 0.322. The maximum atomic E-state index is 11.3. The average Bonchev–Trinajstić information content (AvgIpc) is 2.99. The summed E-state index contributed by atoms with van der Waals surface area (Å²) in [4.78, 5) is 11.3. The predicted molar refractivity (Wildman–Crippen MR) is 59.7 cm³/mol. The summed E-state index contributed by atoms with van der Waals surface area (Å²) in [5.74, 6) is 0.707. The lowest BCUT2D eigenvalue weighted by Gasteiger charge is -2.13. The highest BCUT2D eigenvalue weighted by Crippen LogP contribution is 2.28. The first-order chi connectivity index (χ1) is 7.22. The van der Waals surface area contributed by atoms with Gasteiger partial charge >= 0.3 is 0 Å². The van der Waals surface area contributed by atoms with E-state index in [1.807, 2.05) is 0 Å². The van der Waals surface area contributed by atoms with Crippen molar-refractivity contribution < 1.29 is 9.53 Å². The summed E-state index contributed by atoms with van der Waals surface area (Å²) < 4.78 is 5.28. The zero-order chi connectivity index (χ0) is 11.1. The van der Waals surface area contributed by atoms with Gasteiger partial charge in [-0.2, -0.15) is 0 Å². The minimum Gasteiger partial charge on any atom is -0.371 e. The number of carbonyl (C=O) groups is 1. The fourth-order valence-electron chi connectivity index (χ4n) is 1.34. The Morgan fingerprint density at radius 2 is 2.27 bits per heavy atom. The monoisotopic (exact) mass is 214 g/mol. The molecule has 0 saturated heterocycles. The molecule has 1 amide bonds. The van der Waals surface area contributed by atoms with Crippen LogP contribution in [0.2, 0.25) is 0 Å². The molecular weight excluding hydrogens is 192 g/mol. The number of hydrogen-bond acceptors (Lipinski definition) is 3. The SMILES string of the molecule is CCN[C@H](C)CNC(=O)COCC1CC1. The molecule has 4 heteroatoms. The number of amides is 1. The van der Waals surface area contributed by atoms with E-state index in [1.165, 1.54) is 12.8 Å². The number of likely N-dealkylation sites (N-methyl/N-ethyl adjacent to an activating group) is 1. The molecule has 0 aliphatic heterocycles. The molecule has 15 heavy (non-hydrogen) atoms. The van der Waals surface area contributed by atoms with Gasteiger partial charge in [0.15, 0.2) is 0 Å². The molecule has 0 radical (unpaired) electrons. The lowest BCUT2D eigenvalue weighted by molar-refractivity contribution is -0.125. The largest absolute Gasteiger partial charge is 0.371 e. The van der Waals surface area contributed by atoms with Crippen LogP contribution >= 0.6 is 0 Å². The van der Waals surface area contributed by atoms with Crippen molar-refractivity contribution in [3.63, 3.8) is 0 Å². The van der Waals surface area contributed by atoms with E-state index < -0.39 is 0 Å². The van der Waals surface area contributed by atoms with E-state index in [2.05, 4.69) is 24.5 Å². The average molecular weight is 214 g/mol. The molecule has 1 rings (SSSR count). The topological polar surface area (TPSA) is 50.4 Å². The second kappa shape index (κ2) is 6.80. The van der Waals surface area contributed by atoms with Gasteiger partial charge in [-0.1, -0.05) is 6.92 Å². The quantitative estimate of drug-likeness (QED) is 0.619. The first kappa shape index (κ1) is 12.5. The first-order valence-corrected chi connectivity index (χ1v) is 5.80. The summed E-state index contributed by atoms with van der Waals surface area (Å²) in [5, 5.41) is 6.06. The van der Waals surface area contributed by atoms with Crippen LogP contribution in [0.25, 0.3) is 0 Å². The molecule has 1 aliphatic carbocycles. The molecule has 0 bridgehead atoms. The second-order valence-electron chi connectivity index (χ2n) is 4.22. The Balaban J connectivity index is 1.92. The van der Waals surface area contributed by atoms with E-state index >= 15 is 0 Å². The Kier molecular flexibility index (Phi) is 5.65. The van der Waals surface area contributed by atoms with Gasteiger partial charge in [-0.15, -0.1) is 0 Å². The lowest BCUT2D eigenvalue weighted by Crippen LogP contribution is -2.40. The van der Waals surface area contributed by atoms with Gasteiger partial charge in [-0.25, -0.2) is 0 Å². The van der Waals surface area contributed by atoms with Crippen LogP contribution in [0.1, 0.15) is 26.7 Å². The highest BCUT2D eigenvalue weighted by atomic mass is 16.5. The van der Waals surface area contributed by atoms with E-state index in [-0.39, 0.29) is 12.5 Å². The van der Waals surface area contributed by atoms with Crippen molar-refractivity contribution in [2.45, 2.75) is 32.7 Å². The number of nitrogens with one attached hydrogen (secondary N) is 2. The summed E-state index contributed by atoms with van der Waals surface area (Å²) in [6.07, 6.45) is 2.53. The highest BCUT2D eigenvalue weighted by molar-refractivity contribution is 5.77. The number of hydrogen-bond donors (Lipinski definition) is 2. The van der Waals surface area contributed by atoms with Gasteiger partial charge in [0.1, 0.15) is 6.61 Å². The minimum atomic E-state index is -0.0135. The molecule has 1 aliphatic rings. The van der Waals surface area contributed by atoms with Crippen LogP contribution in [0.4, 0.5) is 0 Å². The molecule has 0 aromatic rings. The molecule has 2 N–H and O–H groups in total. The van der Waals surface area contributed by atoms with Crippen LogP contribution in [-0.2, 0) is 9.53 Å². The van der Waals surface area contributed by atoms with Gasteiger partial charge in [0, 0.05) is 12.6 Å². The van der Waals surface area contributed by atoms with Crippen LogP contribution in [0.5, 0.6) is 0 Å². The lowest BCUT2D eigenvalue weighted by atomic mass is 10.3. The van der Waals surface area contributed by atoms with Crippen LogP contribution in [-0.4, -0.2) is 38.3 Å². The summed E-state index contributed by atoms with van der Waals surface area (Å²) in [6.45, 7) is 6.64. The molecule has 0 heterocycles. The molecule has 88 valence electrons. The smallest absolute Gasteiger partial charge is 0.246 e. The van der Waals surface area contributed by atoms with Crippen LogP contribution in [0, 0.1) is 5.92 Å². The maximum absolute atomic E-state index is 11.3. The predicted octanol–water partition coefficient (Wildman–Crippen LogP) is 0.527. The number of carbonyl (C=O) groups excluding carboxylic acids is 1. The van der Waals surface area contributed by atoms with E-state index in [1.54, 1.807) is 0 Å². The van der Waals surface area contributed by atoms with Gasteiger partial charge in [0.2, 0.25) is 5.91 Å². The van der Waals surface area contributed by atoms with Gasteiger partial charge in [-0.05, 0) is 32.2 Å². The first-order valence-electron chi connectivity index (χ1n) is 5.80. The van der Waals surface area contributed by atoms with E-state index in [4.69, 9.17) is 4.74 Å². The molecule has 1 saturated carbocycles. The van der Waals surface area contributed by atoms with Crippen LogP contribution in [0.15, 0.2) is 0 Å². The third-order valence-electron chi connectivity index (χ3n) is 2.44. The summed E-state index contributed by atoms with van der Waals surface area (Å²) in [5.41, 5.74) is 0. The zero-order valence-corrected chi connectivity index (χ0v) is 9.71. The van der Waals surface area contributed by atoms with Crippen molar-refractivity contribution in [1.82, 2.24) is 10.6 Å². The second-order valence-corrected chi connectivity index (χ2v) is 4.22. The Bertz CT molecular complexity index is 193. The molecule has 1 fully saturated rings. The van der Waals surface area contributed by atoms with Gasteiger partial charge in [0.05, 0.1) is 6.61 Å². The third kappa shape index (κ3) is 6.47. The molecule has 0 unspecified atom stereocenters. The number of rotatable bonds is 8. The molecular formula is C11H22N2O2. The van der Waals surface area contributed by atoms with Crippen molar-refractivity contribution in [2.75, 3.05) is 26.3 Å². The Hall–Kier alpha value is -0.610. The number of ether oxygens (including phenoxy) is 1. The van der Waals surface area contributed by atoms with Crippen molar-refractivity contribution in [2.24, 2.45) is 5.92 Å². The van der Waals surface area contributed by atoms with Crippen molar-refractivity contribution in [3.8, 4) is 0 Å². The highest BCUT2D eigenvalue weighted by Gasteiger charge is 2.21. The van der Waals surface area contributed by atoms with Gasteiger partial charge in [0.25, 0.3) is 0 Å². The van der Waals surface area contributed by atoms with Gasteiger partial charge in [-0.3, -0.25) is 4.79 Å². The molecule has 0 aromatic carbocycles. The van der Waals surface area contributed by atoms with E-state index in [9.17, 15) is 4.79 Å².